The van der Waals surface area contributed by atoms with Crippen molar-refractivity contribution in [3.8, 4) is 0 Å². The highest BCUT2D eigenvalue weighted by Crippen LogP contribution is 1.99. The molecule has 0 spiro atoms. The molecular weight excluding hydrogens is 170 g/mol. The van der Waals surface area contributed by atoms with E-state index in [1.54, 1.807) is 6.26 Å². The highest BCUT2D eigenvalue weighted by atomic mass is 32.2. The third-order valence-corrected chi connectivity index (χ3v) is 2.73. The Balaban J connectivity index is 3.37. The van der Waals surface area contributed by atoms with Gasteiger partial charge in [-0.3, -0.25) is 4.21 Å². The maximum atomic E-state index is 10.7. The molecule has 0 rings (SSSR count). The molecule has 0 aliphatic carbocycles. The summed E-state index contributed by atoms with van der Waals surface area (Å²) in [7, 11) is -0.650. The maximum absolute atomic E-state index is 10.7. The van der Waals surface area contributed by atoms with Crippen molar-refractivity contribution in [3.63, 3.8) is 0 Å². The zero-order valence-electron chi connectivity index (χ0n) is 8.43. The van der Waals surface area contributed by atoms with Crippen LogP contribution in [0.15, 0.2) is 0 Å². The Labute approximate surface area is 78.6 Å². The lowest BCUT2D eigenvalue weighted by atomic mass is 10.1. The van der Waals surface area contributed by atoms with Crippen LogP contribution >= 0.6 is 0 Å². The van der Waals surface area contributed by atoms with Gasteiger partial charge in [0.1, 0.15) is 0 Å². The second-order valence-corrected chi connectivity index (χ2v) is 4.68. The van der Waals surface area contributed by atoms with E-state index in [1.165, 1.54) is 19.3 Å². The van der Waals surface area contributed by atoms with Gasteiger partial charge in [0.25, 0.3) is 0 Å². The second kappa shape index (κ2) is 7.74. The number of nitrogens with one attached hydrogen (secondary N) is 1. The fourth-order valence-corrected chi connectivity index (χ4v) is 1.61. The predicted octanol–water partition coefficient (Wildman–Crippen LogP) is 1.53. The molecule has 0 aliphatic rings. The molecule has 0 saturated carbocycles. The first-order valence-corrected chi connectivity index (χ1v) is 6.46. The van der Waals surface area contributed by atoms with Crippen LogP contribution in [0.2, 0.25) is 0 Å². The van der Waals surface area contributed by atoms with Crippen molar-refractivity contribution in [1.82, 2.24) is 5.32 Å². The molecule has 2 atom stereocenters. The van der Waals surface area contributed by atoms with Gasteiger partial charge in [0.05, 0.1) is 0 Å². The van der Waals surface area contributed by atoms with Crippen LogP contribution < -0.4 is 5.32 Å². The van der Waals surface area contributed by atoms with E-state index in [-0.39, 0.29) is 0 Å². The fourth-order valence-electron chi connectivity index (χ4n) is 1.21. The van der Waals surface area contributed by atoms with Crippen molar-refractivity contribution in [1.29, 1.82) is 0 Å². The van der Waals surface area contributed by atoms with E-state index in [0.29, 0.717) is 6.04 Å². The van der Waals surface area contributed by atoms with Crippen LogP contribution in [-0.4, -0.2) is 28.8 Å². The summed E-state index contributed by atoms with van der Waals surface area (Å²) >= 11 is 0. The minimum absolute atomic E-state index is 0.624. The Bertz CT molecular complexity index is 128. The van der Waals surface area contributed by atoms with Gasteiger partial charge >= 0.3 is 0 Å². The van der Waals surface area contributed by atoms with Crippen LogP contribution in [0.25, 0.3) is 0 Å². The molecule has 74 valence electrons. The third-order valence-electron chi connectivity index (χ3n) is 1.95. The first-order chi connectivity index (χ1) is 5.70. The largest absolute Gasteiger partial charge is 0.313 e. The van der Waals surface area contributed by atoms with Crippen LogP contribution in [-0.2, 0) is 10.8 Å². The summed E-state index contributed by atoms with van der Waals surface area (Å²) in [6, 6.07) is 0.624. The predicted molar refractivity (Wildman–Crippen MR) is 55.9 cm³/mol. The van der Waals surface area contributed by atoms with Crippen molar-refractivity contribution in [2.75, 3.05) is 18.6 Å². The summed E-state index contributed by atoms with van der Waals surface area (Å²) in [4.78, 5) is 0. The van der Waals surface area contributed by atoms with Gasteiger partial charge in [-0.2, -0.15) is 0 Å². The molecule has 0 heterocycles. The van der Waals surface area contributed by atoms with Gasteiger partial charge in [-0.05, 0) is 12.8 Å². The zero-order chi connectivity index (χ0) is 9.40. The first kappa shape index (κ1) is 12.1. The second-order valence-electron chi connectivity index (χ2n) is 3.13. The van der Waals surface area contributed by atoms with E-state index >= 15 is 0 Å². The molecule has 0 aliphatic heterocycles. The van der Waals surface area contributed by atoms with E-state index in [4.69, 9.17) is 0 Å². The average Bonchev–Trinajstić information content (AvgIpc) is 2.02. The monoisotopic (exact) mass is 191 g/mol. The van der Waals surface area contributed by atoms with Crippen LogP contribution in [0.3, 0.4) is 0 Å². The summed E-state index contributed by atoms with van der Waals surface area (Å²) < 4.78 is 10.7. The van der Waals surface area contributed by atoms with Crippen LogP contribution in [0.1, 0.15) is 33.1 Å². The molecule has 2 unspecified atom stereocenters. The Kier molecular flexibility index (Phi) is 7.81. The Morgan fingerprint density at radius 1 is 1.42 bits per heavy atom. The van der Waals surface area contributed by atoms with E-state index in [0.717, 1.165) is 12.3 Å². The minimum atomic E-state index is -0.650. The van der Waals surface area contributed by atoms with Crippen LogP contribution in [0.4, 0.5) is 0 Å². The summed E-state index contributed by atoms with van der Waals surface area (Å²) in [5.74, 6) is 0.778. The molecule has 1 N–H and O–H groups in total. The Morgan fingerprint density at radius 2 is 2.08 bits per heavy atom. The molecule has 3 heteroatoms. The molecule has 12 heavy (non-hydrogen) atoms. The molecule has 0 radical (unpaired) electrons. The molecule has 0 fully saturated rings. The van der Waals surface area contributed by atoms with Gasteiger partial charge in [0.2, 0.25) is 0 Å². The number of hydrogen-bond acceptors (Lipinski definition) is 2. The number of rotatable bonds is 7. The lowest BCUT2D eigenvalue weighted by Gasteiger charge is -2.14. The molecule has 2 nitrogen and oxygen atoms in total. The smallest absolute Gasteiger partial charge is 0.0357 e. The highest BCUT2D eigenvalue weighted by Gasteiger charge is 2.02. The van der Waals surface area contributed by atoms with Gasteiger partial charge in [-0.15, -0.1) is 0 Å². The van der Waals surface area contributed by atoms with E-state index in [9.17, 15) is 4.21 Å². The number of hydrogen-bond donors (Lipinski definition) is 1. The molecule has 0 aromatic carbocycles. The molecule has 0 amide bonds. The summed E-state index contributed by atoms with van der Waals surface area (Å²) in [6.45, 7) is 5.28. The SMILES string of the molecule is CCCC(CC)NCCS(C)=O. The van der Waals surface area contributed by atoms with E-state index in [1.807, 2.05) is 0 Å². The van der Waals surface area contributed by atoms with Gasteiger partial charge in [-0.1, -0.05) is 20.3 Å². The molecular formula is C9H21NOS. The lowest BCUT2D eigenvalue weighted by Crippen LogP contribution is -2.31. The van der Waals surface area contributed by atoms with Crippen LogP contribution in [0, 0.1) is 0 Å². The first-order valence-electron chi connectivity index (χ1n) is 4.74. The Morgan fingerprint density at radius 3 is 2.50 bits per heavy atom. The summed E-state index contributed by atoms with van der Waals surface area (Å²) in [6.07, 6.45) is 5.38. The van der Waals surface area contributed by atoms with Gasteiger partial charge < -0.3 is 5.32 Å². The van der Waals surface area contributed by atoms with Crippen molar-refractivity contribution < 1.29 is 4.21 Å². The highest BCUT2D eigenvalue weighted by molar-refractivity contribution is 7.84. The molecule has 0 saturated heterocycles. The lowest BCUT2D eigenvalue weighted by molar-refractivity contribution is 0.477. The van der Waals surface area contributed by atoms with Gasteiger partial charge in [0.15, 0.2) is 0 Å². The van der Waals surface area contributed by atoms with Gasteiger partial charge in [-0.25, -0.2) is 0 Å². The van der Waals surface area contributed by atoms with Gasteiger partial charge in [0, 0.05) is 35.4 Å². The maximum Gasteiger partial charge on any atom is 0.0357 e. The third kappa shape index (κ3) is 6.80. The standard InChI is InChI=1S/C9H21NOS/c1-4-6-9(5-2)10-7-8-12(3)11/h9-10H,4-8H2,1-3H3. The van der Waals surface area contributed by atoms with Crippen LogP contribution in [0.5, 0.6) is 0 Å². The van der Waals surface area contributed by atoms with E-state index < -0.39 is 10.8 Å². The quantitative estimate of drug-likeness (QED) is 0.661. The summed E-state index contributed by atoms with van der Waals surface area (Å²) in [5.41, 5.74) is 0. The van der Waals surface area contributed by atoms with Crippen molar-refractivity contribution in [2.24, 2.45) is 0 Å². The van der Waals surface area contributed by atoms with E-state index in [2.05, 4.69) is 19.2 Å². The minimum Gasteiger partial charge on any atom is -0.313 e. The molecule has 0 aromatic heterocycles. The summed E-state index contributed by atoms with van der Waals surface area (Å²) in [5, 5.41) is 3.41. The Hall–Kier alpha value is 0.110. The fraction of sp³-hybridized carbons (Fsp3) is 1.00. The zero-order valence-corrected chi connectivity index (χ0v) is 9.25. The van der Waals surface area contributed by atoms with Crippen molar-refractivity contribution in [2.45, 2.75) is 39.2 Å². The van der Waals surface area contributed by atoms with Crippen molar-refractivity contribution >= 4 is 10.8 Å². The van der Waals surface area contributed by atoms with Crippen molar-refractivity contribution in [3.05, 3.63) is 0 Å². The normalized spacial score (nSPS) is 15.9. The molecule has 0 bridgehead atoms. The topological polar surface area (TPSA) is 29.1 Å². The molecule has 0 aromatic rings. The average molecular weight is 191 g/mol.